The summed E-state index contributed by atoms with van der Waals surface area (Å²) in [5.74, 6) is 0.933. The maximum absolute atomic E-state index is 6.27. The van der Waals surface area contributed by atoms with Gasteiger partial charge in [-0.2, -0.15) is 0 Å². The monoisotopic (exact) mass is 322 g/mol. The van der Waals surface area contributed by atoms with Gasteiger partial charge in [-0.3, -0.25) is 0 Å². The van der Waals surface area contributed by atoms with Crippen LogP contribution in [0.1, 0.15) is 23.8 Å². The van der Waals surface area contributed by atoms with Crippen molar-refractivity contribution in [3.63, 3.8) is 0 Å². The minimum Gasteiger partial charge on any atom is -0.455 e. The van der Waals surface area contributed by atoms with Crippen LogP contribution in [-0.4, -0.2) is 0 Å². The van der Waals surface area contributed by atoms with E-state index in [1.807, 2.05) is 0 Å². The van der Waals surface area contributed by atoms with E-state index in [9.17, 15) is 0 Å². The summed E-state index contributed by atoms with van der Waals surface area (Å²) < 4.78 is 6.27. The molecule has 1 aliphatic rings. The molecule has 0 saturated heterocycles. The first kappa shape index (κ1) is 14.3. The zero-order valence-corrected chi connectivity index (χ0v) is 14.1. The maximum atomic E-state index is 6.27. The topological polar surface area (TPSA) is 13.1 Å². The van der Waals surface area contributed by atoms with Crippen LogP contribution in [0.15, 0.2) is 83.3 Å². The zero-order valence-electron chi connectivity index (χ0n) is 14.1. The molecule has 0 fully saturated rings. The van der Waals surface area contributed by atoms with Crippen molar-refractivity contribution in [2.24, 2.45) is 0 Å². The van der Waals surface area contributed by atoms with Gasteiger partial charge in [0.2, 0.25) is 0 Å². The van der Waals surface area contributed by atoms with E-state index in [0.29, 0.717) is 0 Å². The third kappa shape index (κ3) is 2.16. The average molecular weight is 322 g/mol. The quantitative estimate of drug-likeness (QED) is 0.385. The van der Waals surface area contributed by atoms with Gasteiger partial charge >= 0.3 is 0 Å². The molecule has 1 heteroatoms. The molecule has 0 saturated carbocycles. The predicted octanol–water partition coefficient (Wildman–Crippen LogP) is 6.58. The second-order valence-corrected chi connectivity index (χ2v) is 6.86. The molecule has 25 heavy (non-hydrogen) atoms. The number of hydrogen-bond acceptors (Lipinski definition) is 1. The van der Waals surface area contributed by atoms with Crippen molar-refractivity contribution in [2.75, 3.05) is 0 Å². The number of fused-ring (bicyclic) bond motifs is 5. The van der Waals surface area contributed by atoms with Crippen molar-refractivity contribution in [2.45, 2.75) is 12.3 Å². The fourth-order valence-corrected chi connectivity index (χ4v) is 3.71. The SMILES string of the molecule is CC1(c2ccccc2)C=Cc2oc3c(ccc4ccccc43)c2C=C1. The Kier molecular flexibility index (Phi) is 2.98. The van der Waals surface area contributed by atoms with Crippen molar-refractivity contribution in [3.05, 3.63) is 95.8 Å². The fraction of sp³-hybridized carbons (Fsp3) is 0.0833. The molecular formula is C24H18O. The Labute approximate surface area is 146 Å². The second kappa shape index (κ2) is 5.22. The highest BCUT2D eigenvalue weighted by Gasteiger charge is 2.24. The second-order valence-electron chi connectivity index (χ2n) is 6.86. The number of hydrogen-bond donors (Lipinski definition) is 0. The molecule has 1 unspecified atom stereocenters. The van der Waals surface area contributed by atoms with Crippen molar-refractivity contribution < 1.29 is 4.42 Å². The smallest absolute Gasteiger partial charge is 0.143 e. The molecule has 1 aromatic heterocycles. The number of benzene rings is 3. The van der Waals surface area contributed by atoms with Crippen molar-refractivity contribution in [1.29, 1.82) is 0 Å². The van der Waals surface area contributed by atoms with E-state index in [1.54, 1.807) is 0 Å². The van der Waals surface area contributed by atoms with Crippen LogP contribution in [0, 0.1) is 0 Å². The van der Waals surface area contributed by atoms with Crippen molar-refractivity contribution in [3.8, 4) is 0 Å². The molecule has 1 atom stereocenters. The molecule has 0 N–H and O–H groups in total. The summed E-state index contributed by atoms with van der Waals surface area (Å²) in [6.45, 7) is 2.23. The van der Waals surface area contributed by atoms with Crippen LogP contribution < -0.4 is 0 Å². The largest absolute Gasteiger partial charge is 0.455 e. The van der Waals surface area contributed by atoms with Gasteiger partial charge in [0, 0.05) is 21.8 Å². The molecule has 0 radical (unpaired) electrons. The Bertz CT molecular complexity index is 1140. The van der Waals surface area contributed by atoms with Crippen LogP contribution in [-0.2, 0) is 5.41 Å². The maximum Gasteiger partial charge on any atom is 0.143 e. The van der Waals surface area contributed by atoms with Gasteiger partial charge in [0.25, 0.3) is 0 Å². The molecule has 0 bridgehead atoms. The summed E-state index contributed by atoms with van der Waals surface area (Å²) in [7, 11) is 0. The summed E-state index contributed by atoms with van der Waals surface area (Å²) in [4.78, 5) is 0. The van der Waals surface area contributed by atoms with Gasteiger partial charge in [-0.1, -0.05) is 78.9 Å². The van der Waals surface area contributed by atoms with Crippen LogP contribution >= 0.6 is 0 Å². The molecule has 1 nitrogen and oxygen atoms in total. The first-order chi connectivity index (χ1) is 12.2. The first-order valence-electron chi connectivity index (χ1n) is 8.63. The van der Waals surface area contributed by atoms with Crippen LogP contribution in [0.5, 0.6) is 0 Å². The Balaban J connectivity index is 1.71. The summed E-state index contributed by atoms with van der Waals surface area (Å²) in [6, 6.07) is 23.3. The molecule has 4 aromatic rings. The van der Waals surface area contributed by atoms with Crippen molar-refractivity contribution >= 4 is 33.9 Å². The predicted molar refractivity (Wildman–Crippen MR) is 106 cm³/mol. The molecule has 3 aromatic carbocycles. The molecular weight excluding hydrogens is 304 g/mol. The van der Waals surface area contributed by atoms with E-state index in [-0.39, 0.29) is 5.41 Å². The van der Waals surface area contributed by atoms with E-state index in [0.717, 1.165) is 16.9 Å². The summed E-state index contributed by atoms with van der Waals surface area (Å²) >= 11 is 0. The molecule has 120 valence electrons. The average Bonchev–Trinajstić information content (AvgIpc) is 2.94. The van der Waals surface area contributed by atoms with E-state index in [1.165, 1.54) is 21.7 Å². The standard InChI is InChI=1S/C24H18O/c1-24(18-8-3-2-4-9-18)15-13-20-21-12-11-17-7-5-6-10-19(17)23(21)25-22(20)14-16-24/h2-16H,1H3. The molecule has 0 spiro atoms. The van der Waals surface area contributed by atoms with E-state index in [4.69, 9.17) is 4.42 Å². The highest BCUT2D eigenvalue weighted by molar-refractivity contribution is 6.08. The third-order valence-electron chi connectivity index (χ3n) is 5.22. The van der Waals surface area contributed by atoms with Gasteiger partial charge in [-0.05, 0) is 30.0 Å². The highest BCUT2D eigenvalue weighted by Crippen LogP contribution is 2.38. The number of rotatable bonds is 1. The Morgan fingerprint density at radius 1 is 0.720 bits per heavy atom. The zero-order chi connectivity index (χ0) is 16.9. The fourth-order valence-electron chi connectivity index (χ4n) is 3.71. The van der Waals surface area contributed by atoms with Gasteiger partial charge in [0.15, 0.2) is 0 Å². The van der Waals surface area contributed by atoms with Gasteiger partial charge < -0.3 is 4.42 Å². The van der Waals surface area contributed by atoms with Gasteiger partial charge in [-0.15, -0.1) is 0 Å². The molecule has 0 amide bonds. The Hall–Kier alpha value is -3.06. The Morgan fingerprint density at radius 3 is 2.36 bits per heavy atom. The lowest BCUT2D eigenvalue weighted by molar-refractivity contribution is 0.606. The lowest BCUT2D eigenvalue weighted by Crippen LogP contribution is -2.14. The highest BCUT2D eigenvalue weighted by atomic mass is 16.3. The van der Waals surface area contributed by atoms with E-state index < -0.39 is 0 Å². The lowest BCUT2D eigenvalue weighted by atomic mass is 9.82. The number of allylic oxidation sites excluding steroid dienone is 2. The van der Waals surface area contributed by atoms with Crippen LogP contribution in [0.2, 0.25) is 0 Å². The normalized spacial score (nSPS) is 19.2. The first-order valence-corrected chi connectivity index (χ1v) is 8.63. The minimum absolute atomic E-state index is 0.133. The lowest BCUT2D eigenvalue weighted by Gasteiger charge is -2.21. The third-order valence-corrected chi connectivity index (χ3v) is 5.22. The molecule has 5 rings (SSSR count). The van der Waals surface area contributed by atoms with E-state index >= 15 is 0 Å². The molecule has 1 aliphatic carbocycles. The van der Waals surface area contributed by atoms with Crippen LogP contribution in [0.4, 0.5) is 0 Å². The Morgan fingerprint density at radius 2 is 1.48 bits per heavy atom. The van der Waals surface area contributed by atoms with Crippen LogP contribution in [0.25, 0.3) is 33.9 Å². The molecule has 0 aliphatic heterocycles. The summed E-state index contributed by atoms with van der Waals surface area (Å²) in [5, 5.41) is 3.55. The van der Waals surface area contributed by atoms with Crippen LogP contribution in [0.3, 0.4) is 0 Å². The molecule has 1 heterocycles. The summed E-state index contributed by atoms with van der Waals surface area (Å²) in [5.41, 5.74) is 3.28. The van der Waals surface area contributed by atoms with Gasteiger partial charge in [0.1, 0.15) is 11.3 Å². The summed E-state index contributed by atoms with van der Waals surface area (Å²) in [6.07, 6.45) is 8.84. The van der Waals surface area contributed by atoms with Gasteiger partial charge in [0.05, 0.1) is 0 Å². The minimum atomic E-state index is -0.133. The number of furan rings is 1. The van der Waals surface area contributed by atoms with Gasteiger partial charge in [-0.25, -0.2) is 0 Å². The van der Waals surface area contributed by atoms with E-state index in [2.05, 4.69) is 98.0 Å². The van der Waals surface area contributed by atoms with Crippen molar-refractivity contribution in [1.82, 2.24) is 0 Å².